The summed E-state index contributed by atoms with van der Waals surface area (Å²) in [7, 11) is 0. The number of hydrogen-bond acceptors (Lipinski definition) is 1. The van der Waals surface area contributed by atoms with E-state index in [1.54, 1.807) is 19.1 Å². The zero-order valence-electron chi connectivity index (χ0n) is 6.44. The van der Waals surface area contributed by atoms with Crippen molar-refractivity contribution >= 4 is 17.4 Å². The van der Waals surface area contributed by atoms with E-state index in [1.165, 1.54) is 6.92 Å². The fraction of sp³-hybridized carbons (Fsp3) is 0.375. The Morgan fingerprint density at radius 2 is 1.90 bits per heavy atom. The van der Waals surface area contributed by atoms with E-state index in [0.29, 0.717) is 10.6 Å². The van der Waals surface area contributed by atoms with Crippen molar-refractivity contribution in [2.75, 3.05) is 0 Å². The number of rotatable bonds is 2. The first-order valence-electron chi connectivity index (χ1n) is 3.09. The summed E-state index contributed by atoms with van der Waals surface area (Å²) in [5, 5.41) is 0.604. The number of allylic oxidation sites excluding steroid dienone is 4. The molecule has 0 N–H and O–H groups in total. The lowest BCUT2D eigenvalue weighted by molar-refractivity contribution is -0.113. The van der Waals surface area contributed by atoms with Crippen LogP contribution in [0.4, 0.5) is 0 Å². The lowest BCUT2D eigenvalue weighted by Gasteiger charge is -1.91. The van der Waals surface area contributed by atoms with Crippen LogP contribution in [0.15, 0.2) is 22.8 Å². The maximum absolute atomic E-state index is 10.6. The van der Waals surface area contributed by atoms with E-state index in [2.05, 4.69) is 0 Å². The van der Waals surface area contributed by atoms with E-state index in [-0.39, 0.29) is 5.78 Å². The van der Waals surface area contributed by atoms with Gasteiger partial charge in [-0.15, -0.1) is 0 Å². The van der Waals surface area contributed by atoms with Crippen molar-refractivity contribution in [3.8, 4) is 0 Å². The summed E-state index contributed by atoms with van der Waals surface area (Å²) >= 11 is 5.64. The quantitative estimate of drug-likeness (QED) is 0.446. The molecule has 0 radical (unpaired) electrons. The van der Waals surface area contributed by atoms with Gasteiger partial charge >= 0.3 is 0 Å². The summed E-state index contributed by atoms with van der Waals surface area (Å²) in [6.07, 6.45) is 3.40. The fourth-order valence-corrected chi connectivity index (χ4v) is 0.555. The lowest BCUT2D eigenvalue weighted by atomic mass is 10.2. The highest BCUT2D eigenvalue weighted by Crippen LogP contribution is 2.06. The van der Waals surface area contributed by atoms with Crippen molar-refractivity contribution in [2.45, 2.75) is 20.8 Å². The van der Waals surface area contributed by atoms with Crippen LogP contribution in [0.3, 0.4) is 0 Å². The Bertz CT molecular complexity index is 189. The molecule has 0 aliphatic rings. The van der Waals surface area contributed by atoms with Gasteiger partial charge in [-0.05, 0) is 32.4 Å². The van der Waals surface area contributed by atoms with Gasteiger partial charge in [-0.1, -0.05) is 17.7 Å². The summed E-state index contributed by atoms with van der Waals surface area (Å²) in [6.45, 7) is 5.09. The lowest BCUT2D eigenvalue weighted by Crippen LogP contribution is -1.90. The second kappa shape index (κ2) is 4.29. The molecule has 0 fully saturated rings. The minimum absolute atomic E-state index is 0.0556. The Kier molecular flexibility index (Phi) is 4.05. The number of hydrogen-bond donors (Lipinski definition) is 0. The Balaban J connectivity index is 4.31. The van der Waals surface area contributed by atoms with E-state index in [4.69, 9.17) is 11.6 Å². The summed E-state index contributed by atoms with van der Waals surface area (Å²) in [6, 6.07) is 0. The predicted octanol–water partition coefficient (Wildman–Crippen LogP) is 2.66. The average Bonchev–Trinajstić information content (AvgIpc) is 1.87. The molecule has 0 aliphatic heterocycles. The van der Waals surface area contributed by atoms with Crippen LogP contribution >= 0.6 is 11.6 Å². The summed E-state index contributed by atoms with van der Waals surface area (Å²) < 4.78 is 0. The van der Waals surface area contributed by atoms with Crippen molar-refractivity contribution < 1.29 is 4.79 Å². The third kappa shape index (κ3) is 3.46. The molecule has 0 bridgehead atoms. The van der Waals surface area contributed by atoms with Crippen LogP contribution < -0.4 is 0 Å². The smallest absolute Gasteiger partial charge is 0.155 e. The fourth-order valence-electron chi connectivity index (χ4n) is 0.392. The number of halogens is 1. The van der Waals surface area contributed by atoms with Crippen molar-refractivity contribution in [1.29, 1.82) is 0 Å². The molecular weight excluding hydrogens is 148 g/mol. The SMILES string of the molecule is CC=C(Cl)C=C(C)C(C)=O. The Morgan fingerprint density at radius 3 is 2.20 bits per heavy atom. The first kappa shape index (κ1) is 9.44. The number of Topliss-reactive ketones (excluding diaryl/α,β-unsaturated/α-hetero) is 1. The monoisotopic (exact) mass is 158 g/mol. The molecule has 0 aromatic carbocycles. The van der Waals surface area contributed by atoms with Crippen LogP contribution in [0.5, 0.6) is 0 Å². The molecule has 0 heterocycles. The summed E-state index contributed by atoms with van der Waals surface area (Å²) in [5.41, 5.74) is 0.683. The highest BCUT2D eigenvalue weighted by Gasteiger charge is 1.94. The second-order valence-electron chi connectivity index (χ2n) is 2.06. The van der Waals surface area contributed by atoms with Gasteiger partial charge in [0, 0.05) is 5.03 Å². The highest BCUT2D eigenvalue weighted by atomic mass is 35.5. The zero-order chi connectivity index (χ0) is 8.15. The van der Waals surface area contributed by atoms with Crippen molar-refractivity contribution in [3.05, 3.63) is 22.8 Å². The minimum Gasteiger partial charge on any atom is -0.295 e. The molecule has 0 atom stereocenters. The molecule has 0 amide bonds. The number of ketones is 1. The van der Waals surface area contributed by atoms with Crippen LogP contribution in [0, 0.1) is 0 Å². The summed E-state index contributed by atoms with van der Waals surface area (Å²) in [4.78, 5) is 10.6. The van der Waals surface area contributed by atoms with Crippen molar-refractivity contribution in [3.63, 3.8) is 0 Å². The van der Waals surface area contributed by atoms with Crippen LogP contribution in [0.25, 0.3) is 0 Å². The first-order valence-corrected chi connectivity index (χ1v) is 3.46. The van der Waals surface area contributed by atoms with Gasteiger partial charge in [0.2, 0.25) is 0 Å². The molecule has 10 heavy (non-hydrogen) atoms. The predicted molar refractivity (Wildman–Crippen MR) is 44.0 cm³/mol. The molecule has 0 saturated heterocycles. The third-order valence-corrected chi connectivity index (χ3v) is 1.51. The molecule has 2 heteroatoms. The van der Waals surface area contributed by atoms with Gasteiger partial charge in [0.1, 0.15) is 0 Å². The number of carbonyl (C=O) groups is 1. The van der Waals surface area contributed by atoms with Gasteiger partial charge in [0.15, 0.2) is 5.78 Å². The van der Waals surface area contributed by atoms with Gasteiger partial charge in [-0.25, -0.2) is 0 Å². The van der Waals surface area contributed by atoms with Gasteiger partial charge in [0.25, 0.3) is 0 Å². The normalized spacial score (nSPS) is 13.6. The van der Waals surface area contributed by atoms with E-state index >= 15 is 0 Å². The second-order valence-corrected chi connectivity index (χ2v) is 2.49. The largest absolute Gasteiger partial charge is 0.295 e. The molecule has 0 rings (SSSR count). The first-order chi connectivity index (χ1) is 4.57. The van der Waals surface area contributed by atoms with Gasteiger partial charge < -0.3 is 0 Å². The maximum atomic E-state index is 10.6. The van der Waals surface area contributed by atoms with E-state index in [0.717, 1.165) is 0 Å². The molecule has 0 aliphatic carbocycles. The van der Waals surface area contributed by atoms with Gasteiger partial charge in [-0.3, -0.25) is 4.79 Å². The molecule has 0 unspecified atom stereocenters. The van der Waals surface area contributed by atoms with Crippen LogP contribution in [0.2, 0.25) is 0 Å². The van der Waals surface area contributed by atoms with Crippen LogP contribution in [-0.2, 0) is 4.79 Å². The molecule has 0 aromatic heterocycles. The molecule has 0 spiro atoms. The van der Waals surface area contributed by atoms with Crippen molar-refractivity contribution in [2.24, 2.45) is 0 Å². The average molecular weight is 159 g/mol. The maximum Gasteiger partial charge on any atom is 0.155 e. The van der Waals surface area contributed by atoms with Gasteiger partial charge in [-0.2, -0.15) is 0 Å². The third-order valence-electron chi connectivity index (χ3n) is 1.19. The molecular formula is C8H11ClO. The Labute approximate surface area is 66.4 Å². The molecule has 0 aromatic rings. The highest BCUT2D eigenvalue weighted by molar-refractivity contribution is 6.31. The van der Waals surface area contributed by atoms with Gasteiger partial charge in [0.05, 0.1) is 0 Å². The zero-order valence-corrected chi connectivity index (χ0v) is 7.20. The van der Waals surface area contributed by atoms with E-state index in [1.807, 2.05) is 6.92 Å². The summed E-state index contributed by atoms with van der Waals surface area (Å²) in [5.74, 6) is 0.0556. The standard InChI is InChI=1S/C8H11ClO/c1-4-8(9)5-6(2)7(3)10/h4-5H,1-3H3. The van der Waals surface area contributed by atoms with Crippen LogP contribution in [0.1, 0.15) is 20.8 Å². The topological polar surface area (TPSA) is 17.1 Å². The van der Waals surface area contributed by atoms with Crippen molar-refractivity contribution in [1.82, 2.24) is 0 Å². The molecule has 56 valence electrons. The molecule has 0 saturated carbocycles. The van der Waals surface area contributed by atoms with E-state index in [9.17, 15) is 4.79 Å². The van der Waals surface area contributed by atoms with E-state index < -0.39 is 0 Å². The molecule has 1 nitrogen and oxygen atoms in total. The minimum atomic E-state index is 0.0556. The Hall–Kier alpha value is -0.560. The van der Waals surface area contributed by atoms with Crippen LogP contribution in [-0.4, -0.2) is 5.78 Å². The number of carbonyl (C=O) groups excluding carboxylic acids is 1. The Morgan fingerprint density at radius 1 is 1.40 bits per heavy atom.